The van der Waals surface area contributed by atoms with Crippen molar-refractivity contribution in [2.75, 3.05) is 6.54 Å². The van der Waals surface area contributed by atoms with E-state index < -0.39 is 0 Å². The molecule has 1 aromatic carbocycles. The number of fused-ring (bicyclic) bond motifs is 1. The van der Waals surface area contributed by atoms with Crippen LogP contribution in [0.15, 0.2) is 30.5 Å². The van der Waals surface area contributed by atoms with Crippen LogP contribution < -0.4 is 5.32 Å². The van der Waals surface area contributed by atoms with Gasteiger partial charge in [0.1, 0.15) is 11.5 Å². The second-order valence-corrected chi connectivity index (χ2v) is 8.22. The first-order chi connectivity index (χ1) is 13.6. The Morgan fingerprint density at radius 2 is 2.11 bits per heavy atom. The number of hydrogen-bond acceptors (Lipinski definition) is 4. The number of thiazole rings is 1. The Morgan fingerprint density at radius 1 is 1.29 bits per heavy atom. The number of aryl methyl sites for hydroxylation is 3. The third-order valence-corrected chi connectivity index (χ3v) is 6.30. The van der Waals surface area contributed by atoms with E-state index in [-0.39, 0.29) is 11.7 Å². The minimum absolute atomic E-state index is 0.182. The van der Waals surface area contributed by atoms with Crippen molar-refractivity contribution >= 4 is 17.2 Å². The summed E-state index contributed by atoms with van der Waals surface area (Å²) in [6.45, 7) is 2.35. The molecule has 0 unspecified atom stereocenters. The van der Waals surface area contributed by atoms with Gasteiger partial charge >= 0.3 is 0 Å². The lowest BCUT2D eigenvalue weighted by Gasteiger charge is -2.07. The van der Waals surface area contributed by atoms with Crippen LogP contribution in [0.1, 0.15) is 50.9 Å². The molecule has 0 bridgehead atoms. The molecule has 0 atom stereocenters. The summed E-state index contributed by atoms with van der Waals surface area (Å²) in [6.07, 6.45) is 8.00. The summed E-state index contributed by atoms with van der Waals surface area (Å²) in [6, 6.07) is 6.40. The number of halogens is 1. The number of para-hydroxylation sites is 1. The number of amides is 1. The van der Waals surface area contributed by atoms with Crippen LogP contribution in [0.25, 0.3) is 5.69 Å². The van der Waals surface area contributed by atoms with E-state index in [2.05, 4.69) is 10.4 Å². The second-order valence-electron chi connectivity index (χ2n) is 7.05. The van der Waals surface area contributed by atoms with Crippen molar-refractivity contribution in [2.45, 2.75) is 45.4 Å². The van der Waals surface area contributed by atoms with Gasteiger partial charge in [-0.3, -0.25) is 4.79 Å². The third kappa shape index (κ3) is 3.85. The lowest BCUT2D eigenvalue weighted by molar-refractivity contribution is 0.0952. The lowest BCUT2D eigenvalue weighted by Crippen LogP contribution is -2.25. The van der Waals surface area contributed by atoms with Gasteiger partial charge in [-0.1, -0.05) is 12.1 Å². The predicted molar refractivity (Wildman–Crippen MR) is 108 cm³/mol. The molecular formula is C21H23FN4OS. The van der Waals surface area contributed by atoms with Gasteiger partial charge in [-0.25, -0.2) is 14.1 Å². The molecular weight excluding hydrogens is 375 g/mol. The summed E-state index contributed by atoms with van der Waals surface area (Å²) in [4.78, 5) is 18.7. The first-order valence-electron chi connectivity index (χ1n) is 9.68. The van der Waals surface area contributed by atoms with E-state index in [0.29, 0.717) is 23.5 Å². The average molecular weight is 399 g/mol. The van der Waals surface area contributed by atoms with Gasteiger partial charge in [0.15, 0.2) is 0 Å². The monoisotopic (exact) mass is 398 g/mol. The summed E-state index contributed by atoms with van der Waals surface area (Å²) in [7, 11) is 0. The Labute approximate surface area is 167 Å². The summed E-state index contributed by atoms with van der Waals surface area (Å²) < 4.78 is 15.5. The standard InChI is InChI=1S/C21H23FN4OS/c1-14-15(13-24-26(14)18-9-4-2-7-16(18)22)21(27)23-12-6-11-20-25-17-8-3-5-10-19(17)28-20/h2,4,7,9,13H,3,5-6,8,10-12H2,1H3,(H,23,27). The van der Waals surface area contributed by atoms with Crippen LogP contribution in [-0.2, 0) is 19.3 Å². The molecule has 28 heavy (non-hydrogen) atoms. The molecule has 5 nitrogen and oxygen atoms in total. The van der Waals surface area contributed by atoms with Crippen LogP contribution in [0.3, 0.4) is 0 Å². The maximum atomic E-state index is 14.0. The van der Waals surface area contributed by atoms with Gasteiger partial charge < -0.3 is 5.32 Å². The van der Waals surface area contributed by atoms with Crippen molar-refractivity contribution in [3.05, 3.63) is 63.1 Å². The van der Waals surface area contributed by atoms with E-state index in [1.165, 1.54) is 45.4 Å². The SMILES string of the molecule is Cc1c(C(=O)NCCCc2nc3c(s2)CCCC3)cnn1-c1ccccc1F. The molecule has 146 valence electrons. The number of aromatic nitrogens is 3. The summed E-state index contributed by atoms with van der Waals surface area (Å²) in [5, 5.41) is 8.30. The van der Waals surface area contributed by atoms with Crippen LogP contribution in [0.2, 0.25) is 0 Å². The number of benzene rings is 1. The highest BCUT2D eigenvalue weighted by Crippen LogP contribution is 2.27. The number of hydrogen-bond donors (Lipinski definition) is 1. The predicted octanol–water partition coefficient (Wildman–Crippen LogP) is 4.02. The van der Waals surface area contributed by atoms with Gasteiger partial charge in [0, 0.05) is 17.8 Å². The van der Waals surface area contributed by atoms with Gasteiger partial charge in [-0.2, -0.15) is 5.10 Å². The third-order valence-electron chi connectivity index (χ3n) is 5.08. The Hall–Kier alpha value is -2.54. The molecule has 4 rings (SSSR count). The quantitative estimate of drug-likeness (QED) is 0.638. The van der Waals surface area contributed by atoms with E-state index in [1.807, 2.05) is 11.3 Å². The Kier molecular flexibility index (Phi) is 5.52. The van der Waals surface area contributed by atoms with E-state index in [1.54, 1.807) is 25.1 Å². The first-order valence-corrected chi connectivity index (χ1v) is 10.5. The molecule has 0 fully saturated rings. The molecule has 2 aromatic heterocycles. The largest absolute Gasteiger partial charge is 0.352 e. The fourth-order valence-electron chi connectivity index (χ4n) is 3.55. The molecule has 1 N–H and O–H groups in total. The smallest absolute Gasteiger partial charge is 0.254 e. The topological polar surface area (TPSA) is 59.8 Å². The van der Waals surface area contributed by atoms with Gasteiger partial charge in [0.25, 0.3) is 5.91 Å². The van der Waals surface area contributed by atoms with E-state index in [4.69, 9.17) is 4.98 Å². The van der Waals surface area contributed by atoms with E-state index in [9.17, 15) is 9.18 Å². The van der Waals surface area contributed by atoms with E-state index >= 15 is 0 Å². The van der Waals surface area contributed by atoms with Crippen LogP contribution in [0.4, 0.5) is 4.39 Å². The number of rotatable bonds is 6. The fraction of sp³-hybridized carbons (Fsp3) is 0.381. The van der Waals surface area contributed by atoms with Gasteiger partial charge in [-0.05, 0) is 51.2 Å². The van der Waals surface area contributed by atoms with Gasteiger partial charge in [0.05, 0.1) is 28.2 Å². The zero-order valence-electron chi connectivity index (χ0n) is 15.9. The highest BCUT2D eigenvalue weighted by atomic mass is 32.1. The minimum atomic E-state index is -0.369. The fourth-order valence-corrected chi connectivity index (χ4v) is 4.75. The van der Waals surface area contributed by atoms with Crippen molar-refractivity contribution in [1.82, 2.24) is 20.1 Å². The molecule has 0 spiro atoms. The highest BCUT2D eigenvalue weighted by Gasteiger charge is 2.17. The van der Waals surface area contributed by atoms with Crippen molar-refractivity contribution in [2.24, 2.45) is 0 Å². The summed E-state index contributed by atoms with van der Waals surface area (Å²) in [5.41, 5.74) is 2.71. The Balaban J connectivity index is 1.33. The normalized spacial score (nSPS) is 13.4. The zero-order chi connectivity index (χ0) is 19.5. The maximum Gasteiger partial charge on any atom is 0.254 e. The number of carbonyl (C=O) groups excluding carboxylic acids is 1. The Morgan fingerprint density at radius 3 is 2.93 bits per heavy atom. The van der Waals surface area contributed by atoms with Crippen molar-refractivity contribution in [1.29, 1.82) is 0 Å². The van der Waals surface area contributed by atoms with Crippen molar-refractivity contribution < 1.29 is 9.18 Å². The molecule has 1 aliphatic carbocycles. The highest BCUT2D eigenvalue weighted by molar-refractivity contribution is 7.11. The number of nitrogens with zero attached hydrogens (tertiary/aromatic N) is 3. The summed E-state index contributed by atoms with van der Waals surface area (Å²) in [5.74, 6) is -0.551. The second kappa shape index (κ2) is 8.22. The van der Waals surface area contributed by atoms with E-state index in [0.717, 1.165) is 25.7 Å². The molecule has 3 aromatic rings. The van der Waals surface area contributed by atoms with Crippen molar-refractivity contribution in [3.63, 3.8) is 0 Å². The molecule has 2 heterocycles. The van der Waals surface area contributed by atoms with Crippen LogP contribution in [0.5, 0.6) is 0 Å². The first kappa shape index (κ1) is 18.8. The molecule has 7 heteroatoms. The maximum absolute atomic E-state index is 14.0. The summed E-state index contributed by atoms with van der Waals surface area (Å²) >= 11 is 1.82. The minimum Gasteiger partial charge on any atom is -0.352 e. The van der Waals surface area contributed by atoms with Crippen LogP contribution >= 0.6 is 11.3 Å². The Bertz CT molecular complexity index is 971. The average Bonchev–Trinajstić information content (AvgIpc) is 3.28. The lowest BCUT2D eigenvalue weighted by atomic mass is 10.0. The molecule has 0 radical (unpaired) electrons. The van der Waals surface area contributed by atoms with Gasteiger partial charge in [-0.15, -0.1) is 11.3 Å². The van der Waals surface area contributed by atoms with Crippen molar-refractivity contribution in [3.8, 4) is 5.69 Å². The zero-order valence-corrected chi connectivity index (χ0v) is 16.7. The molecule has 1 amide bonds. The molecule has 1 aliphatic rings. The molecule has 0 saturated carbocycles. The molecule has 0 saturated heterocycles. The van der Waals surface area contributed by atoms with Crippen LogP contribution in [-0.4, -0.2) is 27.2 Å². The molecule has 0 aliphatic heterocycles. The van der Waals surface area contributed by atoms with Gasteiger partial charge in [0.2, 0.25) is 0 Å². The number of nitrogens with one attached hydrogen (secondary N) is 1. The number of carbonyl (C=O) groups is 1. The van der Waals surface area contributed by atoms with Crippen LogP contribution in [0, 0.1) is 12.7 Å².